The van der Waals surface area contributed by atoms with E-state index in [9.17, 15) is 4.79 Å². The molecule has 0 bridgehead atoms. The van der Waals surface area contributed by atoms with E-state index in [1.165, 1.54) is 4.88 Å². The van der Waals surface area contributed by atoms with Crippen LogP contribution in [0.1, 0.15) is 34.2 Å². The zero-order valence-electron chi connectivity index (χ0n) is 15.2. The molecule has 3 heterocycles. The van der Waals surface area contributed by atoms with E-state index < -0.39 is 0 Å². The molecule has 2 aromatic heterocycles. The molecule has 7 heteroatoms. The molecule has 4 rings (SSSR count). The summed E-state index contributed by atoms with van der Waals surface area (Å²) in [5.74, 6) is 1.67. The molecule has 1 fully saturated rings. The van der Waals surface area contributed by atoms with Crippen LogP contribution in [0.5, 0.6) is 11.5 Å². The minimum Gasteiger partial charge on any atom is -0.497 e. The van der Waals surface area contributed by atoms with Crippen LogP contribution < -0.4 is 9.47 Å². The topological polar surface area (TPSA) is 64.8 Å². The van der Waals surface area contributed by atoms with Crippen LogP contribution in [0.15, 0.2) is 46.3 Å². The Hall–Kier alpha value is -2.80. The number of carbonyl (C=O) groups excluding carboxylic acids is 1. The lowest BCUT2D eigenvalue weighted by Gasteiger charge is -2.22. The van der Waals surface area contributed by atoms with Crippen LogP contribution in [0.25, 0.3) is 11.3 Å². The Morgan fingerprint density at radius 3 is 2.89 bits per heavy atom. The number of hydrogen-bond donors (Lipinski definition) is 0. The smallest absolute Gasteiger partial charge is 0.276 e. The largest absolute Gasteiger partial charge is 0.497 e. The number of nitrogens with zero attached hydrogens (tertiary/aromatic N) is 2. The Balaban J connectivity index is 1.62. The fourth-order valence-corrected chi connectivity index (χ4v) is 4.32. The van der Waals surface area contributed by atoms with Crippen molar-refractivity contribution in [2.75, 3.05) is 20.8 Å². The van der Waals surface area contributed by atoms with Gasteiger partial charge in [0.05, 0.1) is 25.8 Å². The van der Waals surface area contributed by atoms with Crippen molar-refractivity contribution in [3.8, 4) is 22.8 Å². The van der Waals surface area contributed by atoms with Crippen LogP contribution in [-0.4, -0.2) is 36.7 Å². The van der Waals surface area contributed by atoms with Gasteiger partial charge in [0.25, 0.3) is 5.91 Å². The maximum absolute atomic E-state index is 13.0. The quantitative estimate of drug-likeness (QED) is 0.652. The molecule has 1 unspecified atom stereocenters. The second kappa shape index (κ2) is 7.44. The van der Waals surface area contributed by atoms with E-state index in [0.29, 0.717) is 28.5 Å². The molecule has 140 valence electrons. The van der Waals surface area contributed by atoms with Gasteiger partial charge in [0.15, 0.2) is 11.5 Å². The first-order valence-corrected chi connectivity index (χ1v) is 9.62. The third-order valence-electron chi connectivity index (χ3n) is 4.79. The van der Waals surface area contributed by atoms with Crippen LogP contribution in [0, 0.1) is 0 Å². The molecule has 0 aliphatic carbocycles. The lowest BCUT2D eigenvalue weighted by atomic mass is 10.1. The molecule has 0 radical (unpaired) electrons. The number of rotatable bonds is 5. The molecule has 1 aliphatic rings. The van der Waals surface area contributed by atoms with Crippen LogP contribution in [0.3, 0.4) is 0 Å². The lowest BCUT2D eigenvalue weighted by molar-refractivity contribution is 0.0727. The number of ether oxygens (including phenoxy) is 2. The average Bonchev–Trinajstić information content (AvgIpc) is 3.47. The fourth-order valence-electron chi connectivity index (χ4n) is 3.44. The number of benzene rings is 1. The fraction of sp³-hybridized carbons (Fsp3) is 0.300. The van der Waals surface area contributed by atoms with Crippen molar-refractivity contribution in [1.29, 1.82) is 0 Å². The van der Waals surface area contributed by atoms with Crippen LogP contribution in [0.4, 0.5) is 0 Å². The summed E-state index contributed by atoms with van der Waals surface area (Å²) in [6.07, 6.45) is 1.96. The highest BCUT2D eigenvalue weighted by atomic mass is 32.1. The first kappa shape index (κ1) is 17.6. The number of carbonyl (C=O) groups is 1. The van der Waals surface area contributed by atoms with Crippen LogP contribution >= 0.6 is 11.3 Å². The second-order valence-corrected chi connectivity index (χ2v) is 7.29. The number of thiophene rings is 1. The van der Waals surface area contributed by atoms with E-state index in [0.717, 1.165) is 19.4 Å². The maximum Gasteiger partial charge on any atom is 0.276 e. The normalized spacial score (nSPS) is 16.5. The molecule has 3 aromatic rings. The maximum atomic E-state index is 13.0. The standard InChI is InChI=1S/C20H20N2O4S/c1-24-13-7-8-17(25-2)14(11-13)18-12-15(21-26-18)20(23)22-9-3-5-16(22)19-6-4-10-27-19/h4,6-8,10-12,16H,3,5,9H2,1-2H3. The van der Waals surface area contributed by atoms with Gasteiger partial charge in [0, 0.05) is 17.5 Å². The van der Waals surface area contributed by atoms with Crippen LogP contribution in [-0.2, 0) is 0 Å². The van der Waals surface area contributed by atoms with E-state index in [1.54, 1.807) is 49.8 Å². The Kier molecular flexibility index (Phi) is 4.85. The molecule has 0 spiro atoms. The Morgan fingerprint density at radius 1 is 1.26 bits per heavy atom. The summed E-state index contributed by atoms with van der Waals surface area (Å²) in [6, 6.07) is 11.3. The van der Waals surface area contributed by atoms with Gasteiger partial charge in [-0.2, -0.15) is 0 Å². The average molecular weight is 384 g/mol. The summed E-state index contributed by atoms with van der Waals surface area (Å²) in [4.78, 5) is 16.1. The SMILES string of the molecule is COc1ccc(OC)c(-c2cc(C(=O)N3CCCC3c3cccs3)no2)c1. The van der Waals surface area contributed by atoms with Crippen molar-refractivity contribution >= 4 is 17.2 Å². The number of aromatic nitrogens is 1. The molecule has 1 aliphatic heterocycles. The van der Waals surface area contributed by atoms with Gasteiger partial charge in [-0.05, 0) is 42.5 Å². The molecule has 1 amide bonds. The number of amides is 1. The van der Waals surface area contributed by atoms with Gasteiger partial charge in [-0.3, -0.25) is 4.79 Å². The zero-order chi connectivity index (χ0) is 18.8. The van der Waals surface area contributed by atoms with Gasteiger partial charge in [-0.25, -0.2) is 0 Å². The molecule has 0 N–H and O–H groups in total. The van der Waals surface area contributed by atoms with Gasteiger partial charge in [-0.1, -0.05) is 11.2 Å². The van der Waals surface area contributed by atoms with Gasteiger partial charge in [0.1, 0.15) is 11.5 Å². The highest BCUT2D eigenvalue weighted by molar-refractivity contribution is 7.10. The molecular formula is C20H20N2O4S. The van der Waals surface area contributed by atoms with Gasteiger partial charge in [0.2, 0.25) is 0 Å². The van der Waals surface area contributed by atoms with E-state index in [-0.39, 0.29) is 11.9 Å². The lowest BCUT2D eigenvalue weighted by Crippen LogP contribution is -2.30. The predicted molar refractivity (Wildman–Crippen MR) is 102 cm³/mol. The van der Waals surface area contributed by atoms with Gasteiger partial charge in [-0.15, -0.1) is 11.3 Å². The van der Waals surface area contributed by atoms with Gasteiger partial charge < -0.3 is 18.9 Å². The Labute approximate surface area is 161 Å². The Bertz CT molecular complexity index is 935. The van der Waals surface area contributed by atoms with E-state index >= 15 is 0 Å². The minimum atomic E-state index is -0.109. The molecule has 6 nitrogen and oxygen atoms in total. The molecular weight excluding hydrogens is 364 g/mol. The van der Waals surface area contributed by atoms with Crippen molar-refractivity contribution in [2.45, 2.75) is 18.9 Å². The number of methoxy groups -OCH3 is 2. The molecule has 1 saturated heterocycles. The first-order valence-electron chi connectivity index (χ1n) is 8.74. The van der Waals surface area contributed by atoms with Crippen molar-refractivity contribution in [3.05, 3.63) is 52.3 Å². The van der Waals surface area contributed by atoms with E-state index in [4.69, 9.17) is 14.0 Å². The second-order valence-electron chi connectivity index (χ2n) is 6.31. The molecule has 1 aromatic carbocycles. The summed E-state index contributed by atoms with van der Waals surface area (Å²) in [7, 11) is 3.18. The highest BCUT2D eigenvalue weighted by Gasteiger charge is 2.33. The molecule has 1 atom stereocenters. The molecule has 0 saturated carbocycles. The van der Waals surface area contributed by atoms with E-state index in [1.807, 2.05) is 16.3 Å². The number of likely N-dealkylation sites (tertiary alicyclic amines) is 1. The third kappa shape index (κ3) is 3.30. The minimum absolute atomic E-state index is 0.109. The predicted octanol–water partition coefficient (Wildman–Crippen LogP) is 4.40. The first-order chi connectivity index (χ1) is 13.2. The van der Waals surface area contributed by atoms with Crippen molar-refractivity contribution in [1.82, 2.24) is 10.1 Å². The summed E-state index contributed by atoms with van der Waals surface area (Å²) in [5, 5.41) is 6.07. The highest BCUT2D eigenvalue weighted by Crippen LogP contribution is 2.37. The van der Waals surface area contributed by atoms with Crippen LogP contribution in [0.2, 0.25) is 0 Å². The molecule has 27 heavy (non-hydrogen) atoms. The zero-order valence-corrected chi connectivity index (χ0v) is 16.0. The van der Waals surface area contributed by atoms with E-state index in [2.05, 4.69) is 11.2 Å². The summed E-state index contributed by atoms with van der Waals surface area (Å²) < 4.78 is 16.1. The van der Waals surface area contributed by atoms with Crippen molar-refractivity contribution in [3.63, 3.8) is 0 Å². The Morgan fingerprint density at radius 2 is 2.15 bits per heavy atom. The summed E-state index contributed by atoms with van der Waals surface area (Å²) in [6.45, 7) is 0.728. The summed E-state index contributed by atoms with van der Waals surface area (Å²) >= 11 is 1.68. The number of hydrogen-bond acceptors (Lipinski definition) is 6. The third-order valence-corrected chi connectivity index (χ3v) is 5.76. The van der Waals surface area contributed by atoms with Crippen molar-refractivity contribution < 1.29 is 18.8 Å². The summed E-state index contributed by atoms with van der Waals surface area (Å²) in [5.41, 5.74) is 0.998. The van der Waals surface area contributed by atoms with Gasteiger partial charge >= 0.3 is 0 Å². The monoisotopic (exact) mass is 384 g/mol. The van der Waals surface area contributed by atoms with Crippen molar-refractivity contribution in [2.24, 2.45) is 0 Å².